The Morgan fingerprint density at radius 3 is 2.40 bits per heavy atom. The first-order valence-corrected chi connectivity index (χ1v) is 3.17. The zero-order valence-electron chi connectivity index (χ0n) is 6.16. The Kier molecular flexibility index (Phi) is 3.99. The molecule has 0 bridgehead atoms. The summed E-state index contributed by atoms with van der Waals surface area (Å²) < 4.78 is 0. The van der Waals surface area contributed by atoms with E-state index in [2.05, 4.69) is 5.32 Å². The maximum absolute atomic E-state index is 10.6. The number of carbonyl (C=O) groups is 1. The van der Waals surface area contributed by atoms with Gasteiger partial charge in [0.2, 0.25) is 5.91 Å². The third-order valence-corrected chi connectivity index (χ3v) is 1.04. The third kappa shape index (κ3) is 3.42. The normalized spacial score (nSPS) is 16.0. The number of hydrogen-bond acceptors (Lipinski definition) is 3. The van der Waals surface area contributed by atoms with Gasteiger partial charge in [0.1, 0.15) is 6.10 Å². The van der Waals surface area contributed by atoms with Crippen molar-refractivity contribution in [1.82, 2.24) is 5.32 Å². The van der Waals surface area contributed by atoms with Crippen LogP contribution in [0.5, 0.6) is 0 Å². The van der Waals surface area contributed by atoms with Gasteiger partial charge < -0.3 is 15.5 Å². The van der Waals surface area contributed by atoms with E-state index in [1.807, 2.05) is 0 Å². The molecule has 2 atom stereocenters. The highest BCUT2D eigenvalue weighted by Gasteiger charge is 2.10. The van der Waals surface area contributed by atoms with Crippen LogP contribution in [0, 0.1) is 0 Å². The summed E-state index contributed by atoms with van der Waals surface area (Å²) in [6.07, 6.45) is -1.01. The van der Waals surface area contributed by atoms with Crippen LogP contribution in [0.3, 0.4) is 0 Å². The first-order valence-electron chi connectivity index (χ1n) is 3.17. The maximum atomic E-state index is 10.6. The highest BCUT2D eigenvalue weighted by molar-refractivity contribution is 5.80. The second kappa shape index (κ2) is 4.24. The minimum atomic E-state index is -1.01. The summed E-state index contributed by atoms with van der Waals surface area (Å²) in [7, 11) is 0. The first-order chi connectivity index (χ1) is 4.57. The summed E-state index contributed by atoms with van der Waals surface area (Å²) >= 11 is 0. The predicted molar refractivity (Wildman–Crippen MR) is 36.4 cm³/mol. The number of aliphatic hydroxyl groups excluding tert-OH is 2. The van der Waals surface area contributed by atoms with Crippen molar-refractivity contribution < 1.29 is 15.0 Å². The molecule has 0 radical (unpaired) electrons. The molecule has 0 rings (SSSR count). The summed E-state index contributed by atoms with van der Waals surface area (Å²) in [5.41, 5.74) is 0. The zero-order chi connectivity index (χ0) is 8.15. The number of rotatable bonds is 3. The molecule has 0 heterocycles. The Morgan fingerprint density at radius 2 is 2.10 bits per heavy atom. The molecule has 0 saturated heterocycles. The van der Waals surface area contributed by atoms with Crippen molar-refractivity contribution in [1.29, 1.82) is 0 Å². The molecule has 0 aromatic heterocycles. The molecule has 0 spiro atoms. The molecule has 0 fully saturated rings. The van der Waals surface area contributed by atoms with Gasteiger partial charge in [0.05, 0.1) is 6.61 Å². The van der Waals surface area contributed by atoms with Gasteiger partial charge in [-0.15, -0.1) is 0 Å². The smallest absolute Gasteiger partial charge is 0.248 e. The van der Waals surface area contributed by atoms with Crippen molar-refractivity contribution in [3.8, 4) is 0 Å². The quantitative estimate of drug-likeness (QED) is 0.473. The molecular weight excluding hydrogens is 134 g/mol. The average Bonchev–Trinajstić information content (AvgIpc) is 1.87. The number of hydrogen-bond donors (Lipinski definition) is 3. The van der Waals surface area contributed by atoms with Crippen molar-refractivity contribution in [2.24, 2.45) is 0 Å². The van der Waals surface area contributed by atoms with Crippen LogP contribution in [-0.4, -0.2) is 34.9 Å². The lowest BCUT2D eigenvalue weighted by molar-refractivity contribution is -0.129. The second-order valence-corrected chi connectivity index (χ2v) is 2.27. The minimum Gasteiger partial charge on any atom is -0.394 e. The van der Waals surface area contributed by atoms with E-state index in [0.717, 1.165) is 0 Å². The van der Waals surface area contributed by atoms with Gasteiger partial charge in [-0.3, -0.25) is 4.79 Å². The number of carbonyl (C=O) groups excluding carboxylic acids is 1. The molecule has 4 nitrogen and oxygen atoms in total. The Hall–Kier alpha value is -0.610. The van der Waals surface area contributed by atoms with Gasteiger partial charge >= 0.3 is 0 Å². The zero-order valence-corrected chi connectivity index (χ0v) is 6.16. The standard InChI is InChI=1S/C6H13NO3/c1-4(3-8)7-6(10)5(2)9/h4-5,8-9H,3H2,1-2H3,(H,7,10)/t4-,5+/m0/s1. The van der Waals surface area contributed by atoms with E-state index in [-0.39, 0.29) is 12.6 Å². The number of amides is 1. The van der Waals surface area contributed by atoms with Crippen molar-refractivity contribution in [3.05, 3.63) is 0 Å². The molecule has 4 heteroatoms. The summed E-state index contributed by atoms with van der Waals surface area (Å²) in [5.74, 6) is -0.457. The molecule has 0 aliphatic carbocycles. The topological polar surface area (TPSA) is 69.6 Å². The van der Waals surface area contributed by atoms with Crippen LogP contribution in [0.2, 0.25) is 0 Å². The lowest BCUT2D eigenvalue weighted by atomic mass is 10.3. The number of nitrogens with one attached hydrogen (secondary N) is 1. The Labute approximate surface area is 59.9 Å². The van der Waals surface area contributed by atoms with Crippen molar-refractivity contribution in [2.75, 3.05) is 6.61 Å². The molecule has 10 heavy (non-hydrogen) atoms. The Morgan fingerprint density at radius 1 is 1.60 bits per heavy atom. The van der Waals surface area contributed by atoms with Crippen molar-refractivity contribution in [2.45, 2.75) is 26.0 Å². The van der Waals surface area contributed by atoms with Gasteiger partial charge in [-0.1, -0.05) is 0 Å². The fourth-order valence-electron chi connectivity index (χ4n) is 0.409. The molecule has 1 amide bonds. The van der Waals surface area contributed by atoms with Crippen LogP contribution < -0.4 is 5.32 Å². The molecule has 0 unspecified atom stereocenters. The molecule has 0 aromatic rings. The van der Waals surface area contributed by atoms with Gasteiger partial charge in [0.15, 0.2) is 0 Å². The van der Waals surface area contributed by atoms with E-state index in [0.29, 0.717) is 0 Å². The summed E-state index contributed by atoms with van der Waals surface area (Å²) in [6, 6.07) is -0.290. The Bertz CT molecular complexity index is 114. The second-order valence-electron chi connectivity index (χ2n) is 2.27. The van der Waals surface area contributed by atoms with Crippen molar-refractivity contribution in [3.63, 3.8) is 0 Å². The predicted octanol–water partition coefficient (Wildman–Crippen LogP) is -1.14. The molecular formula is C6H13NO3. The molecule has 3 N–H and O–H groups in total. The van der Waals surface area contributed by atoms with Crippen LogP contribution in [0.15, 0.2) is 0 Å². The summed E-state index contributed by atoms with van der Waals surface area (Å²) in [6.45, 7) is 2.91. The van der Waals surface area contributed by atoms with E-state index in [9.17, 15) is 4.79 Å². The maximum Gasteiger partial charge on any atom is 0.248 e. The van der Waals surface area contributed by atoms with Gasteiger partial charge in [-0.25, -0.2) is 0 Å². The molecule has 60 valence electrons. The van der Waals surface area contributed by atoms with Crippen LogP contribution in [0.1, 0.15) is 13.8 Å². The van der Waals surface area contributed by atoms with Crippen LogP contribution in [0.25, 0.3) is 0 Å². The fourth-order valence-corrected chi connectivity index (χ4v) is 0.409. The molecule has 0 saturated carbocycles. The molecule has 0 aliphatic heterocycles. The molecule has 0 aliphatic rings. The average molecular weight is 147 g/mol. The first kappa shape index (κ1) is 9.39. The van der Waals surface area contributed by atoms with Crippen LogP contribution >= 0.6 is 0 Å². The van der Waals surface area contributed by atoms with E-state index in [1.54, 1.807) is 6.92 Å². The fraction of sp³-hybridized carbons (Fsp3) is 0.833. The van der Waals surface area contributed by atoms with E-state index >= 15 is 0 Å². The SMILES string of the molecule is C[C@@H](CO)NC(=O)[C@@H](C)O. The minimum absolute atomic E-state index is 0.113. The highest BCUT2D eigenvalue weighted by Crippen LogP contribution is 1.83. The largest absolute Gasteiger partial charge is 0.394 e. The van der Waals surface area contributed by atoms with Crippen LogP contribution in [-0.2, 0) is 4.79 Å². The van der Waals surface area contributed by atoms with Gasteiger partial charge in [-0.2, -0.15) is 0 Å². The monoisotopic (exact) mass is 147 g/mol. The van der Waals surface area contributed by atoms with Gasteiger partial charge in [-0.05, 0) is 13.8 Å². The van der Waals surface area contributed by atoms with E-state index in [1.165, 1.54) is 6.92 Å². The Balaban J connectivity index is 3.57. The highest BCUT2D eigenvalue weighted by atomic mass is 16.3. The van der Waals surface area contributed by atoms with E-state index < -0.39 is 12.0 Å². The third-order valence-electron chi connectivity index (χ3n) is 1.04. The van der Waals surface area contributed by atoms with E-state index in [4.69, 9.17) is 10.2 Å². The summed E-state index contributed by atoms with van der Waals surface area (Å²) in [5, 5.41) is 19.5. The lowest BCUT2D eigenvalue weighted by Gasteiger charge is -2.11. The van der Waals surface area contributed by atoms with Gasteiger partial charge in [0, 0.05) is 6.04 Å². The number of aliphatic hydroxyl groups is 2. The van der Waals surface area contributed by atoms with Crippen LogP contribution in [0.4, 0.5) is 0 Å². The lowest BCUT2D eigenvalue weighted by Crippen LogP contribution is -2.40. The van der Waals surface area contributed by atoms with Crippen molar-refractivity contribution >= 4 is 5.91 Å². The summed E-state index contributed by atoms with van der Waals surface area (Å²) in [4.78, 5) is 10.6. The van der Waals surface area contributed by atoms with Gasteiger partial charge in [0.25, 0.3) is 0 Å². The molecule has 0 aromatic carbocycles.